The van der Waals surface area contributed by atoms with E-state index in [0.29, 0.717) is 30.6 Å². The molecule has 1 atom stereocenters. The minimum absolute atomic E-state index is 0.110. The fraction of sp³-hybridized carbons (Fsp3) is 0.450. The van der Waals surface area contributed by atoms with Crippen LogP contribution >= 0.6 is 0 Å². The van der Waals surface area contributed by atoms with E-state index in [1.165, 1.54) is 12.3 Å². The van der Waals surface area contributed by atoms with Gasteiger partial charge in [-0.2, -0.15) is 0 Å². The first kappa shape index (κ1) is 18.1. The Balaban J connectivity index is 1.31. The van der Waals surface area contributed by atoms with E-state index < -0.39 is 10.8 Å². The number of piperidine rings is 1. The Bertz CT molecular complexity index is 897. The van der Waals surface area contributed by atoms with Gasteiger partial charge in [0.05, 0.1) is 17.2 Å². The van der Waals surface area contributed by atoms with Gasteiger partial charge < -0.3 is 9.88 Å². The first-order chi connectivity index (χ1) is 13.1. The zero-order chi connectivity index (χ0) is 18.8. The molecular weight excluding hydrogens is 362 g/mol. The van der Waals surface area contributed by atoms with Gasteiger partial charge in [0.25, 0.3) is 5.56 Å². The van der Waals surface area contributed by atoms with Gasteiger partial charge in [-0.15, -0.1) is 0 Å². The average molecular weight is 385 g/mol. The van der Waals surface area contributed by atoms with Crippen LogP contribution in [0.4, 0.5) is 0 Å². The number of carbonyl (C=O) groups is 1. The number of carbonyl (C=O) groups excluding carboxylic acids is 1. The van der Waals surface area contributed by atoms with Gasteiger partial charge >= 0.3 is 0 Å². The Labute approximate surface area is 160 Å². The van der Waals surface area contributed by atoms with Gasteiger partial charge in [0.2, 0.25) is 5.91 Å². The summed E-state index contributed by atoms with van der Waals surface area (Å²) in [5.41, 5.74) is 0.817. The van der Waals surface area contributed by atoms with Gasteiger partial charge in [-0.25, -0.2) is 4.98 Å². The van der Waals surface area contributed by atoms with Crippen molar-refractivity contribution in [3.05, 3.63) is 58.3 Å². The molecule has 142 valence electrons. The number of hydrogen-bond acceptors (Lipinski definition) is 4. The number of nitrogens with zero attached hydrogens (tertiary/aromatic N) is 2. The summed E-state index contributed by atoms with van der Waals surface area (Å²) in [7, 11) is -0.900. The molecule has 2 fully saturated rings. The molecule has 1 unspecified atom stereocenters. The number of rotatable bonds is 5. The highest BCUT2D eigenvalue weighted by atomic mass is 32.2. The van der Waals surface area contributed by atoms with Crippen molar-refractivity contribution in [3.63, 3.8) is 0 Å². The van der Waals surface area contributed by atoms with Gasteiger partial charge in [0.1, 0.15) is 5.82 Å². The first-order valence-corrected chi connectivity index (χ1v) is 10.6. The smallest absolute Gasteiger partial charge is 0.250 e. The standard InChI is InChI=1S/C20H23N3O3S/c24-18-7-10-21-20(22-18)15-8-11-23(12-9-15)19(25)13-14-1-3-16(4-2-14)27(26)17-5-6-17/h1-4,7,10,15,17H,5-6,8-9,11-13H2,(H,21,22,24). The van der Waals surface area contributed by atoms with Gasteiger partial charge in [-0.05, 0) is 43.4 Å². The van der Waals surface area contributed by atoms with Crippen LogP contribution in [0, 0.1) is 0 Å². The second-order valence-corrected chi connectivity index (χ2v) is 9.02. The summed E-state index contributed by atoms with van der Waals surface area (Å²) in [4.78, 5) is 33.8. The molecule has 1 aliphatic carbocycles. The van der Waals surface area contributed by atoms with Crippen molar-refractivity contribution in [2.45, 2.75) is 48.2 Å². The fourth-order valence-electron chi connectivity index (χ4n) is 3.50. The highest BCUT2D eigenvalue weighted by Gasteiger charge is 2.29. The fourth-order valence-corrected chi connectivity index (χ4v) is 4.85. The molecule has 1 N–H and O–H groups in total. The molecule has 1 saturated carbocycles. The number of aromatic amines is 1. The van der Waals surface area contributed by atoms with Crippen molar-refractivity contribution in [3.8, 4) is 0 Å². The number of amides is 1. The summed E-state index contributed by atoms with van der Waals surface area (Å²) in [6.45, 7) is 1.35. The predicted molar refractivity (Wildman–Crippen MR) is 103 cm³/mol. The van der Waals surface area contributed by atoms with Crippen LogP contribution in [0.2, 0.25) is 0 Å². The van der Waals surface area contributed by atoms with Crippen LogP contribution in [-0.2, 0) is 22.0 Å². The van der Waals surface area contributed by atoms with Crippen LogP contribution in [0.5, 0.6) is 0 Å². The summed E-state index contributed by atoms with van der Waals surface area (Å²) in [6.07, 6.45) is 5.60. The molecule has 27 heavy (non-hydrogen) atoms. The van der Waals surface area contributed by atoms with Crippen molar-refractivity contribution < 1.29 is 9.00 Å². The number of hydrogen-bond donors (Lipinski definition) is 1. The number of benzene rings is 1. The molecular formula is C20H23N3O3S. The third kappa shape index (κ3) is 4.35. The maximum absolute atomic E-state index is 12.6. The minimum Gasteiger partial charge on any atom is -0.342 e. The maximum Gasteiger partial charge on any atom is 0.250 e. The van der Waals surface area contributed by atoms with E-state index in [0.717, 1.165) is 36.1 Å². The van der Waals surface area contributed by atoms with Crippen LogP contribution in [0.25, 0.3) is 0 Å². The SMILES string of the molecule is O=C(Cc1ccc(S(=O)C2CC2)cc1)N1CCC(c2nccc(=O)[nH]2)CC1. The van der Waals surface area contributed by atoms with Crippen molar-refractivity contribution in [1.82, 2.24) is 14.9 Å². The van der Waals surface area contributed by atoms with Crippen LogP contribution in [-0.4, -0.2) is 43.3 Å². The van der Waals surface area contributed by atoms with E-state index >= 15 is 0 Å². The molecule has 7 heteroatoms. The van der Waals surface area contributed by atoms with Gasteiger partial charge in [-0.3, -0.25) is 13.8 Å². The van der Waals surface area contributed by atoms with Crippen LogP contribution in [0.15, 0.2) is 46.2 Å². The van der Waals surface area contributed by atoms with E-state index in [-0.39, 0.29) is 17.4 Å². The van der Waals surface area contributed by atoms with E-state index in [1.807, 2.05) is 29.2 Å². The lowest BCUT2D eigenvalue weighted by atomic mass is 9.95. The topological polar surface area (TPSA) is 83.1 Å². The molecule has 6 nitrogen and oxygen atoms in total. The summed E-state index contributed by atoms with van der Waals surface area (Å²) >= 11 is 0. The molecule has 1 aliphatic heterocycles. The lowest BCUT2D eigenvalue weighted by molar-refractivity contribution is -0.131. The van der Waals surface area contributed by atoms with E-state index in [2.05, 4.69) is 9.97 Å². The van der Waals surface area contributed by atoms with Crippen LogP contribution < -0.4 is 5.56 Å². The molecule has 1 saturated heterocycles. The summed E-state index contributed by atoms with van der Waals surface area (Å²) in [5.74, 6) is 1.02. The second kappa shape index (κ2) is 7.76. The van der Waals surface area contributed by atoms with Crippen molar-refractivity contribution >= 4 is 16.7 Å². The molecule has 1 aromatic heterocycles. The highest BCUT2D eigenvalue weighted by molar-refractivity contribution is 7.86. The highest BCUT2D eigenvalue weighted by Crippen LogP contribution is 2.30. The largest absolute Gasteiger partial charge is 0.342 e. The zero-order valence-electron chi connectivity index (χ0n) is 15.1. The van der Waals surface area contributed by atoms with E-state index in [4.69, 9.17) is 0 Å². The molecule has 0 spiro atoms. The van der Waals surface area contributed by atoms with Crippen molar-refractivity contribution in [2.75, 3.05) is 13.1 Å². The molecule has 2 aliphatic rings. The molecule has 0 radical (unpaired) electrons. The monoisotopic (exact) mass is 385 g/mol. The zero-order valence-corrected chi connectivity index (χ0v) is 15.9. The molecule has 0 bridgehead atoms. The quantitative estimate of drug-likeness (QED) is 0.853. The van der Waals surface area contributed by atoms with E-state index in [9.17, 15) is 13.8 Å². The van der Waals surface area contributed by atoms with E-state index in [1.54, 1.807) is 0 Å². The van der Waals surface area contributed by atoms with Crippen LogP contribution in [0.1, 0.15) is 43.0 Å². The minimum atomic E-state index is -0.900. The number of H-pyrrole nitrogens is 1. The summed E-state index contributed by atoms with van der Waals surface area (Å²) in [5, 5.41) is 0.327. The van der Waals surface area contributed by atoms with Crippen molar-refractivity contribution in [2.24, 2.45) is 0 Å². The summed E-state index contributed by atoms with van der Waals surface area (Å²) < 4.78 is 12.2. The van der Waals surface area contributed by atoms with Gasteiger partial charge in [0.15, 0.2) is 0 Å². The molecule has 2 heterocycles. The first-order valence-electron chi connectivity index (χ1n) is 9.42. The summed E-state index contributed by atoms with van der Waals surface area (Å²) in [6, 6.07) is 9.02. The second-order valence-electron chi connectivity index (χ2n) is 7.29. The Morgan fingerprint density at radius 3 is 2.44 bits per heavy atom. The van der Waals surface area contributed by atoms with Crippen molar-refractivity contribution in [1.29, 1.82) is 0 Å². The average Bonchev–Trinajstić information content (AvgIpc) is 3.53. The number of nitrogens with one attached hydrogen (secondary N) is 1. The Morgan fingerprint density at radius 1 is 1.11 bits per heavy atom. The molecule has 4 rings (SSSR count). The molecule has 1 aromatic carbocycles. The van der Waals surface area contributed by atoms with Gasteiger partial charge in [-0.1, -0.05) is 12.1 Å². The maximum atomic E-state index is 12.6. The van der Waals surface area contributed by atoms with Gasteiger partial charge in [0, 0.05) is 41.4 Å². The Hall–Kier alpha value is -2.28. The lowest BCUT2D eigenvalue weighted by Crippen LogP contribution is -2.39. The third-order valence-corrected chi connectivity index (χ3v) is 7.08. The third-order valence-electron chi connectivity index (χ3n) is 5.26. The number of aromatic nitrogens is 2. The lowest BCUT2D eigenvalue weighted by Gasteiger charge is -2.31. The molecule has 1 amide bonds. The predicted octanol–water partition coefficient (Wildman–Crippen LogP) is 1.99. The number of likely N-dealkylation sites (tertiary alicyclic amines) is 1. The molecule has 2 aromatic rings. The van der Waals surface area contributed by atoms with Crippen LogP contribution in [0.3, 0.4) is 0 Å². The normalized spacial score (nSPS) is 19.0. The Morgan fingerprint density at radius 2 is 1.81 bits per heavy atom. The Kier molecular flexibility index (Phi) is 5.20.